The molecule has 0 unspecified atom stereocenters. The molecule has 0 saturated heterocycles. The molecule has 0 aliphatic heterocycles. The van der Waals surface area contributed by atoms with Crippen LogP contribution in [-0.4, -0.2) is 11.6 Å². The van der Waals surface area contributed by atoms with Crippen LogP contribution in [-0.2, 0) is 0 Å². The van der Waals surface area contributed by atoms with Gasteiger partial charge in [0.1, 0.15) is 0 Å². The Hall–Kier alpha value is 1.28. The smallest absolute Gasteiger partial charge is 0.145 e. The third-order valence-corrected chi connectivity index (χ3v) is 9.31. The van der Waals surface area contributed by atoms with Gasteiger partial charge in [-0.1, -0.05) is 35.7 Å². The van der Waals surface area contributed by atoms with Crippen molar-refractivity contribution in [1.29, 1.82) is 0 Å². The predicted octanol–water partition coefficient (Wildman–Crippen LogP) is 3.64. The van der Waals surface area contributed by atoms with Crippen LogP contribution in [0.2, 0.25) is 6.04 Å². The van der Waals surface area contributed by atoms with Gasteiger partial charge in [-0.15, -0.1) is 22.2 Å². The summed E-state index contributed by atoms with van der Waals surface area (Å²) in [6.07, 6.45) is 2.34. The fourth-order valence-electron chi connectivity index (χ4n) is 0.502. The summed E-state index contributed by atoms with van der Waals surface area (Å²) in [7, 11) is 0. The number of alkyl halides is 1. The molecule has 0 aromatic carbocycles. The second kappa shape index (κ2) is 5.00. The van der Waals surface area contributed by atoms with Crippen molar-refractivity contribution in [3.05, 3.63) is 0 Å². The van der Waals surface area contributed by atoms with Crippen LogP contribution in [0.5, 0.6) is 0 Å². The number of rotatable bonds is 4. The van der Waals surface area contributed by atoms with E-state index in [1.807, 2.05) is 0 Å². The second-order valence-corrected chi connectivity index (χ2v) is 11.2. The van der Waals surface area contributed by atoms with E-state index in [2.05, 4.69) is 22.9 Å². The van der Waals surface area contributed by atoms with E-state index >= 15 is 0 Å². The van der Waals surface area contributed by atoms with E-state index in [-0.39, 0.29) is 0 Å². The Morgan fingerprint density at radius 3 is 2.33 bits per heavy atom. The Balaban J connectivity index is 3.33. The van der Waals surface area contributed by atoms with Gasteiger partial charge >= 0.3 is 0 Å². The highest BCUT2D eigenvalue weighted by Gasteiger charge is 2.25. The largest absolute Gasteiger partial charge is 0.261 e. The van der Waals surface area contributed by atoms with Gasteiger partial charge in [-0.25, -0.2) is 0 Å². The molecule has 0 fully saturated rings. The van der Waals surface area contributed by atoms with E-state index in [0.29, 0.717) is 0 Å². The van der Waals surface area contributed by atoms with Gasteiger partial charge in [0, 0.05) is 4.95 Å². The lowest BCUT2D eigenvalue weighted by Crippen LogP contribution is -2.20. The summed E-state index contributed by atoms with van der Waals surface area (Å²) in [4.78, 5) is 0.795. The van der Waals surface area contributed by atoms with E-state index < -0.39 is 6.69 Å². The Morgan fingerprint density at radius 2 is 2.00 bits per heavy atom. The first kappa shape index (κ1) is 10.3. The van der Waals surface area contributed by atoms with E-state index in [0.717, 1.165) is 17.4 Å². The average molecular weight is 250 g/mol. The Bertz CT molecular complexity index is 77.4. The first-order chi connectivity index (χ1) is 4.12. The zero-order valence-electron chi connectivity index (χ0n) is 5.46. The van der Waals surface area contributed by atoms with Gasteiger partial charge in [0.25, 0.3) is 6.69 Å². The molecule has 0 atom stereocenters. The molecule has 56 valence electrons. The molecule has 9 heavy (non-hydrogen) atoms. The van der Waals surface area contributed by atoms with Crippen LogP contribution in [0.1, 0.15) is 19.8 Å². The van der Waals surface area contributed by atoms with Crippen LogP contribution in [0.15, 0.2) is 0 Å². The molecular formula is C5H11BrCl2Si. The minimum absolute atomic E-state index is 0.795. The lowest BCUT2D eigenvalue weighted by Gasteiger charge is -2.10. The van der Waals surface area contributed by atoms with Crippen LogP contribution >= 0.6 is 38.1 Å². The topological polar surface area (TPSA) is 0 Å². The standard InChI is InChI=1S/C5H11BrCl2Si/c1-2-3-4-9(7,8)5-6/h2-5H2,1H3. The van der Waals surface area contributed by atoms with Gasteiger partial charge in [-0.3, -0.25) is 0 Å². The van der Waals surface area contributed by atoms with Crippen LogP contribution in [0.25, 0.3) is 0 Å². The maximum absolute atomic E-state index is 5.96. The van der Waals surface area contributed by atoms with Gasteiger partial charge < -0.3 is 0 Å². The van der Waals surface area contributed by atoms with Gasteiger partial charge in [0.05, 0.1) is 0 Å². The Morgan fingerprint density at radius 1 is 1.44 bits per heavy atom. The number of hydrogen-bond acceptors (Lipinski definition) is 0. The average Bonchev–Trinajstić information content (AvgIpc) is 1.84. The van der Waals surface area contributed by atoms with Gasteiger partial charge in [0.15, 0.2) is 0 Å². The van der Waals surface area contributed by atoms with Gasteiger partial charge in [-0.2, -0.15) is 0 Å². The van der Waals surface area contributed by atoms with E-state index in [1.165, 1.54) is 6.42 Å². The summed E-state index contributed by atoms with van der Waals surface area (Å²) < 4.78 is 0. The molecule has 0 N–H and O–H groups in total. The minimum atomic E-state index is -1.84. The summed E-state index contributed by atoms with van der Waals surface area (Å²) in [5.74, 6) is 0. The molecule has 0 saturated carbocycles. The maximum atomic E-state index is 5.96. The molecule has 0 heterocycles. The predicted molar refractivity (Wildman–Crippen MR) is 51.0 cm³/mol. The SMILES string of the molecule is CCCC[Si](Cl)(Cl)CBr. The van der Waals surface area contributed by atoms with E-state index in [1.54, 1.807) is 0 Å². The van der Waals surface area contributed by atoms with Crippen molar-refractivity contribution in [2.24, 2.45) is 0 Å². The fraction of sp³-hybridized carbons (Fsp3) is 1.00. The number of unbranched alkanes of at least 4 members (excludes halogenated alkanes) is 1. The number of hydrogen-bond donors (Lipinski definition) is 0. The molecule has 4 heteroatoms. The quantitative estimate of drug-likeness (QED) is 0.406. The third kappa shape index (κ3) is 5.71. The summed E-state index contributed by atoms with van der Waals surface area (Å²) in [6, 6.07) is 1.01. The van der Waals surface area contributed by atoms with Crippen molar-refractivity contribution in [2.75, 3.05) is 4.95 Å². The highest BCUT2D eigenvalue weighted by atomic mass is 79.9. The summed E-state index contributed by atoms with van der Waals surface area (Å²) in [5, 5.41) is 0. The summed E-state index contributed by atoms with van der Waals surface area (Å²) in [6.45, 7) is 0.308. The number of halogens is 3. The zero-order valence-corrected chi connectivity index (χ0v) is 9.56. The molecule has 0 bridgehead atoms. The highest BCUT2D eigenvalue weighted by molar-refractivity contribution is 9.10. The molecule has 0 amide bonds. The molecule has 0 spiro atoms. The monoisotopic (exact) mass is 248 g/mol. The highest BCUT2D eigenvalue weighted by Crippen LogP contribution is 2.24. The lowest BCUT2D eigenvalue weighted by atomic mass is 10.4. The fourth-order valence-corrected chi connectivity index (χ4v) is 3.15. The molecule has 0 aliphatic carbocycles. The van der Waals surface area contributed by atoms with Crippen LogP contribution in [0.3, 0.4) is 0 Å². The van der Waals surface area contributed by atoms with Gasteiger partial charge in [0.2, 0.25) is 0 Å². The molecule has 0 aromatic rings. The summed E-state index contributed by atoms with van der Waals surface area (Å²) in [5.41, 5.74) is 0. The van der Waals surface area contributed by atoms with Crippen LogP contribution in [0.4, 0.5) is 0 Å². The first-order valence-electron chi connectivity index (χ1n) is 3.06. The van der Waals surface area contributed by atoms with Crippen molar-refractivity contribution >= 4 is 44.8 Å². The van der Waals surface area contributed by atoms with Crippen molar-refractivity contribution in [2.45, 2.75) is 25.8 Å². The molecule has 0 aliphatic rings. The van der Waals surface area contributed by atoms with E-state index in [9.17, 15) is 0 Å². The van der Waals surface area contributed by atoms with Crippen molar-refractivity contribution in [1.82, 2.24) is 0 Å². The first-order valence-corrected chi connectivity index (χ1v) is 8.62. The molecule has 0 radical (unpaired) electrons. The Labute approximate surface area is 75.5 Å². The summed E-state index contributed by atoms with van der Waals surface area (Å²) >= 11 is 15.2. The molecule has 0 nitrogen and oxygen atoms in total. The molecular weight excluding hydrogens is 239 g/mol. The third-order valence-electron chi connectivity index (χ3n) is 1.09. The van der Waals surface area contributed by atoms with Crippen molar-refractivity contribution in [3.63, 3.8) is 0 Å². The normalized spacial score (nSPS) is 12.0. The minimum Gasteiger partial charge on any atom is -0.145 e. The van der Waals surface area contributed by atoms with Crippen molar-refractivity contribution < 1.29 is 0 Å². The molecule has 0 rings (SSSR count). The zero-order chi connectivity index (χ0) is 7.33. The maximum Gasteiger partial charge on any atom is 0.261 e. The van der Waals surface area contributed by atoms with Crippen LogP contribution < -0.4 is 0 Å². The molecule has 0 aromatic heterocycles. The van der Waals surface area contributed by atoms with E-state index in [4.69, 9.17) is 22.2 Å². The lowest BCUT2D eigenvalue weighted by molar-refractivity contribution is 0.876. The van der Waals surface area contributed by atoms with Crippen LogP contribution in [0, 0.1) is 0 Å². The van der Waals surface area contributed by atoms with Crippen molar-refractivity contribution in [3.8, 4) is 0 Å². The second-order valence-electron chi connectivity index (χ2n) is 2.09. The Kier molecular flexibility index (Phi) is 5.71. The van der Waals surface area contributed by atoms with Gasteiger partial charge in [-0.05, 0) is 6.04 Å².